The molecule has 0 heterocycles. The summed E-state index contributed by atoms with van der Waals surface area (Å²) >= 11 is 0. The van der Waals surface area contributed by atoms with Gasteiger partial charge in [-0.3, -0.25) is 0 Å². The minimum absolute atomic E-state index is 0.138. The Balaban J connectivity index is 2.44. The van der Waals surface area contributed by atoms with E-state index in [-0.39, 0.29) is 5.82 Å². The van der Waals surface area contributed by atoms with E-state index < -0.39 is 0 Å². The van der Waals surface area contributed by atoms with Crippen LogP contribution in [0.3, 0.4) is 0 Å². The van der Waals surface area contributed by atoms with E-state index in [2.05, 4.69) is 19.2 Å². The van der Waals surface area contributed by atoms with Gasteiger partial charge < -0.3 is 5.32 Å². The molecule has 0 bridgehead atoms. The summed E-state index contributed by atoms with van der Waals surface area (Å²) in [4.78, 5) is 0. The summed E-state index contributed by atoms with van der Waals surface area (Å²) in [6.45, 7) is 5.26. The maximum absolute atomic E-state index is 13.2. The van der Waals surface area contributed by atoms with E-state index in [0.29, 0.717) is 6.04 Å². The van der Waals surface area contributed by atoms with Gasteiger partial charge in [0.1, 0.15) is 5.82 Å². The van der Waals surface area contributed by atoms with Gasteiger partial charge in [-0.15, -0.1) is 0 Å². The SMILES string of the molecule is CCCCCCCC(NCC)c1cccc(F)c1. The lowest BCUT2D eigenvalue weighted by molar-refractivity contribution is 0.476. The van der Waals surface area contributed by atoms with E-state index in [1.54, 1.807) is 12.1 Å². The molecular weight excluding hydrogens is 225 g/mol. The lowest BCUT2D eigenvalue weighted by Crippen LogP contribution is -2.20. The van der Waals surface area contributed by atoms with Crippen molar-refractivity contribution in [1.82, 2.24) is 5.32 Å². The lowest BCUT2D eigenvalue weighted by atomic mass is 9.99. The summed E-state index contributed by atoms with van der Waals surface area (Å²) in [5.41, 5.74) is 1.08. The largest absolute Gasteiger partial charge is 0.310 e. The molecule has 0 aliphatic heterocycles. The van der Waals surface area contributed by atoms with Gasteiger partial charge in [0, 0.05) is 6.04 Å². The molecule has 0 fully saturated rings. The highest BCUT2D eigenvalue weighted by Gasteiger charge is 2.10. The highest BCUT2D eigenvalue weighted by atomic mass is 19.1. The van der Waals surface area contributed by atoms with Crippen LogP contribution in [-0.2, 0) is 0 Å². The number of halogens is 1. The van der Waals surface area contributed by atoms with Gasteiger partial charge in [0.25, 0.3) is 0 Å². The van der Waals surface area contributed by atoms with Crippen LogP contribution in [0.2, 0.25) is 0 Å². The molecule has 1 unspecified atom stereocenters. The van der Waals surface area contributed by atoms with Crippen molar-refractivity contribution < 1.29 is 4.39 Å². The second kappa shape index (κ2) is 9.09. The van der Waals surface area contributed by atoms with Gasteiger partial charge in [-0.2, -0.15) is 0 Å². The monoisotopic (exact) mass is 251 g/mol. The maximum Gasteiger partial charge on any atom is 0.123 e. The van der Waals surface area contributed by atoms with Crippen molar-refractivity contribution in [2.75, 3.05) is 6.54 Å². The molecule has 0 aliphatic rings. The smallest absolute Gasteiger partial charge is 0.123 e. The van der Waals surface area contributed by atoms with Gasteiger partial charge in [0.2, 0.25) is 0 Å². The van der Waals surface area contributed by atoms with E-state index in [4.69, 9.17) is 0 Å². The number of hydrogen-bond acceptors (Lipinski definition) is 1. The minimum Gasteiger partial charge on any atom is -0.310 e. The van der Waals surface area contributed by atoms with Gasteiger partial charge in [0.05, 0.1) is 0 Å². The Hall–Kier alpha value is -0.890. The van der Waals surface area contributed by atoms with Crippen molar-refractivity contribution in [1.29, 1.82) is 0 Å². The molecule has 0 amide bonds. The van der Waals surface area contributed by atoms with Crippen LogP contribution in [0.1, 0.15) is 64.0 Å². The molecule has 0 aliphatic carbocycles. The van der Waals surface area contributed by atoms with Crippen LogP contribution in [0.25, 0.3) is 0 Å². The molecule has 0 saturated heterocycles. The van der Waals surface area contributed by atoms with Crippen LogP contribution in [0.5, 0.6) is 0 Å². The normalized spacial score (nSPS) is 12.6. The Morgan fingerprint density at radius 3 is 2.56 bits per heavy atom. The Labute approximate surface area is 111 Å². The molecule has 1 aromatic carbocycles. The summed E-state index contributed by atoms with van der Waals surface area (Å²) in [7, 11) is 0. The summed E-state index contributed by atoms with van der Waals surface area (Å²) in [6, 6.07) is 7.27. The molecule has 102 valence electrons. The predicted molar refractivity (Wildman–Crippen MR) is 76.2 cm³/mol. The molecule has 0 radical (unpaired) electrons. The maximum atomic E-state index is 13.2. The predicted octanol–water partition coefficient (Wildman–Crippen LogP) is 4.84. The highest BCUT2D eigenvalue weighted by molar-refractivity contribution is 5.20. The van der Waals surface area contributed by atoms with Crippen LogP contribution < -0.4 is 5.32 Å². The Morgan fingerprint density at radius 2 is 1.89 bits per heavy atom. The number of hydrogen-bond donors (Lipinski definition) is 1. The molecule has 18 heavy (non-hydrogen) atoms. The molecule has 1 aromatic rings. The average molecular weight is 251 g/mol. The van der Waals surface area contributed by atoms with Crippen LogP contribution in [0, 0.1) is 5.82 Å². The highest BCUT2D eigenvalue weighted by Crippen LogP contribution is 2.21. The molecule has 1 rings (SSSR count). The Bertz CT molecular complexity index is 325. The standard InChI is InChI=1S/C16H26FN/c1-3-5-6-7-8-12-16(18-4-2)14-10-9-11-15(17)13-14/h9-11,13,16,18H,3-8,12H2,1-2H3. The second-order valence-electron chi connectivity index (χ2n) is 4.87. The first-order valence-electron chi connectivity index (χ1n) is 7.26. The van der Waals surface area contributed by atoms with Crippen molar-refractivity contribution in [3.8, 4) is 0 Å². The summed E-state index contributed by atoms with van der Waals surface area (Å²) in [6.07, 6.45) is 7.52. The van der Waals surface area contributed by atoms with Gasteiger partial charge in [-0.1, -0.05) is 58.1 Å². The molecule has 0 spiro atoms. The van der Waals surface area contributed by atoms with Crippen LogP contribution in [-0.4, -0.2) is 6.54 Å². The summed E-state index contributed by atoms with van der Waals surface area (Å²) in [5, 5.41) is 3.45. The van der Waals surface area contributed by atoms with E-state index in [1.165, 1.54) is 38.2 Å². The number of benzene rings is 1. The van der Waals surface area contributed by atoms with Gasteiger partial charge in [-0.25, -0.2) is 4.39 Å². The van der Waals surface area contributed by atoms with Gasteiger partial charge >= 0.3 is 0 Å². The topological polar surface area (TPSA) is 12.0 Å². The molecule has 1 N–H and O–H groups in total. The van der Waals surface area contributed by atoms with Gasteiger partial charge in [-0.05, 0) is 30.7 Å². The quantitative estimate of drug-likeness (QED) is 0.619. The molecule has 1 atom stereocenters. The first-order valence-corrected chi connectivity index (χ1v) is 7.26. The van der Waals surface area contributed by atoms with Crippen molar-refractivity contribution in [3.63, 3.8) is 0 Å². The third kappa shape index (κ3) is 5.63. The van der Waals surface area contributed by atoms with Crippen molar-refractivity contribution >= 4 is 0 Å². The van der Waals surface area contributed by atoms with Crippen LogP contribution in [0.15, 0.2) is 24.3 Å². The first-order chi connectivity index (χ1) is 8.77. The van der Waals surface area contributed by atoms with Crippen LogP contribution >= 0.6 is 0 Å². The van der Waals surface area contributed by atoms with E-state index in [1.807, 2.05) is 6.07 Å². The number of rotatable bonds is 9. The van der Waals surface area contributed by atoms with Gasteiger partial charge in [0.15, 0.2) is 0 Å². The zero-order valence-electron chi connectivity index (χ0n) is 11.7. The van der Waals surface area contributed by atoms with Crippen molar-refractivity contribution in [2.45, 2.75) is 58.4 Å². The third-order valence-electron chi connectivity index (χ3n) is 3.30. The van der Waals surface area contributed by atoms with E-state index >= 15 is 0 Å². The fourth-order valence-corrected chi connectivity index (χ4v) is 2.31. The zero-order chi connectivity index (χ0) is 13.2. The second-order valence-corrected chi connectivity index (χ2v) is 4.87. The fraction of sp³-hybridized carbons (Fsp3) is 0.625. The Morgan fingerprint density at radius 1 is 1.11 bits per heavy atom. The third-order valence-corrected chi connectivity index (χ3v) is 3.30. The van der Waals surface area contributed by atoms with E-state index in [9.17, 15) is 4.39 Å². The fourth-order valence-electron chi connectivity index (χ4n) is 2.31. The zero-order valence-corrected chi connectivity index (χ0v) is 11.7. The molecular formula is C16H26FN. The summed E-state index contributed by atoms with van der Waals surface area (Å²) in [5.74, 6) is -0.138. The van der Waals surface area contributed by atoms with Crippen molar-refractivity contribution in [3.05, 3.63) is 35.6 Å². The Kier molecular flexibility index (Phi) is 7.66. The molecule has 2 heteroatoms. The number of unbranched alkanes of at least 4 members (excludes halogenated alkanes) is 4. The molecule has 0 saturated carbocycles. The van der Waals surface area contributed by atoms with Crippen LogP contribution in [0.4, 0.5) is 4.39 Å². The first kappa shape index (κ1) is 15.2. The number of nitrogens with one attached hydrogen (secondary N) is 1. The lowest BCUT2D eigenvalue weighted by Gasteiger charge is -2.18. The summed E-state index contributed by atoms with van der Waals surface area (Å²) < 4.78 is 13.2. The average Bonchev–Trinajstić information content (AvgIpc) is 2.37. The molecule has 0 aromatic heterocycles. The molecule has 1 nitrogen and oxygen atoms in total. The van der Waals surface area contributed by atoms with Crippen molar-refractivity contribution in [2.24, 2.45) is 0 Å². The minimum atomic E-state index is -0.138. The van der Waals surface area contributed by atoms with E-state index in [0.717, 1.165) is 18.5 Å².